The van der Waals surface area contributed by atoms with Crippen LogP contribution in [-0.2, 0) is 20.3 Å². The van der Waals surface area contributed by atoms with E-state index in [-0.39, 0.29) is 24.4 Å². The molecule has 0 radical (unpaired) electrons. The van der Waals surface area contributed by atoms with Crippen molar-refractivity contribution in [3.8, 4) is 5.75 Å². The van der Waals surface area contributed by atoms with Crippen molar-refractivity contribution >= 4 is 20.2 Å². The average Bonchev–Trinajstić information content (AvgIpc) is 3.41. The summed E-state index contributed by atoms with van der Waals surface area (Å²) in [4.78, 5) is 41.6. The van der Waals surface area contributed by atoms with Crippen molar-refractivity contribution in [1.29, 1.82) is 0 Å². The lowest BCUT2D eigenvalue weighted by molar-refractivity contribution is 0.0223. The van der Waals surface area contributed by atoms with Crippen LogP contribution in [0.15, 0.2) is 35.3 Å². The van der Waals surface area contributed by atoms with E-state index < -0.39 is 37.0 Å². The van der Waals surface area contributed by atoms with Gasteiger partial charge in [0, 0.05) is 38.9 Å². The molecular weight excluding hydrogens is 523 g/mol. The monoisotopic (exact) mass is 560 g/mol. The van der Waals surface area contributed by atoms with Gasteiger partial charge >= 0.3 is 0 Å². The first-order valence-corrected chi connectivity index (χ1v) is 14.6. The Hall–Kier alpha value is -2.98. The molecule has 2 aliphatic heterocycles. The van der Waals surface area contributed by atoms with E-state index in [2.05, 4.69) is 5.32 Å². The molecule has 0 bridgehead atoms. The molecule has 212 valence electrons. The molecule has 0 saturated carbocycles. The molecule has 1 aromatic carbocycles. The van der Waals surface area contributed by atoms with Crippen molar-refractivity contribution in [2.24, 2.45) is 0 Å². The highest BCUT2D eigenvalue weighted by atomic mass is 31.2. The maximum Gasteiger partial charge on any atom is 0.278 e. The summed E-state index contributed by atoms with van der Waals surface area (Å²) in [5.74, 6) is -1.87. The lowest BCUT2D eigenvalue weighted by Gasteiger charge is -2.52. The molecule has 1 aromatic heterocycles. The third-order valence-corrected chi connectivity index (χ3v) is 8.88. The van der Waals surface area contributed by atoms with Gasteiger partial charge in [0.1, 0.15) is 5.56 Å². The Morgan fingerprint density at radius 3 is 2.49 bits per heavy atom. The third-order valence-electron chi connectivity index (χ3n) is 7.11. The molecular formula is C27H37N4O7P. The second-order valence-electron chi connectivity index (χ2n) is 9.59. The maximum absolute atomic E-state index is 13.8. The number of pyridine rings is 1. The van der Waals surface area contributed by atoms with Crippen LogP contribution in [0, 0.1) is 6.92 Å². The maximum atomic E-state index is 13.8. The predicted octanol–water partition coefficient (Wildman–Crippen LogP) is 2.71. The van der Waals surface area contributed by atoms with E-state index in [0.29, 0.717) is 45.4 Å². The molecule has 2 N–H and O–H groups in total. The van der Waals surface area contributed by atoms with Crippen LogP contribution in [0.5, 0.6) is 5.75 Å². The number of nitrogens with one attached hydrogen (secondary N) is 1. The molecule has 1 unspecified atom stereocenters. The second-order valence-corrected chi connectivity index (χ2v) is 11.2. The third kappa shape index (κ3) is 5.82. The van der Waals surface area contributed by atoms with Crippen molar-refractivity contribution in [3.63, 3.8) is 0 Å². The van der Waals surface area contributed by atoms with Crippen molar-refractivity contribution in [1.82, 2.24) is 14.9 Å². The highest BCUT2D eigenvalue weighted by Crippen LogP contribution is 2.40. The fourth-order valence-electron chi connectivity index (χ4n) is 5.00. The number of fused-ring (bicyclic) bond motifs is 1. The topological polar surface area (TPSA) is 123 Å². The van der Waals surface area contributed by atoms with Gasteiger partial charge in [-0.05, 0) is 32.8 Å². The molecule has 11 nitrogen and oxygen atoms in total. The van der Waals surface area contributed by atoms with Crippen molar-refractivity contribution in [2.75, 3.05) is 51.2 Å². The van der Waals surface area contributed by atoms with Crippen LogP contribution in [0.2, 0.25) is 0 Å². The standard InChI is InChI=1S/C27H37N4O7P/c1-5-37-39(38-6-2)15-7-13-30-26(35)22-24(33)23(32)21(17-31(22)29(4)27(30)12-14-36-18-27)25(34)28-16-20-10-8-19(3)9-11-20/h8-11,17,33H,5-7,12-16,18H2,1-4H3,(H,28,34). The number of nitrogens with zero attached hydrogens (tertiary/aromatic N) is 3. The zero-order valence-electron chi connectivity index (χ0n) is 22.9. The summed E-state index contributed by atoms with van der Waals surface area (Å²) < 4.78 is 18.5. The highest BCUT2D eigenvalue weighted by Gasteiger charge is 2.52. The summed E-state index contributed by atoms with van der Waals surface area (Å²) in [6, 6.07) is 7.66. The number of amides is 2. The van der Waals surface area contributed by atoms with Gasteiger partial charge in [-0.1, -0.05) is 29.8 Å². The van der Waals surface area contributed by atoms with E-state index in [1.807, 2.05) is 45.0 Å². The van der Waals surface area contributed by atoms with E-state index in [4.69, 9.17) is 13.8 Å². The number of aryl methyl sites for hydroxylation is 1. The molecule has 39 heavy (non-hydrogen) atoms. The van der Waals surface area contributed by atoms with Gasteiger partial charge in [0.2, 0.25) is 5.43 Å². The molecule has 1 fully saturated rings. The van der Waals surface area contributed by atoms with E-state index in [1.54, 1.807) is 17.0 Å². The van der Waals surface area contributed by atoms with Crippen molar-refractivity contribution in [2.45, 2.75) is 45.8 Å². The number of likely N-dealkylation sites (N-methyl/N-ethyl adjacent to an activating group) is 1. The number of carbonyl (C=O) groups is 2. The molecule has 4 rings (SSSR count). The van der Waals surface area contributed by atoms with Crippen LogP contribution in [0.1, 0.15) is 58.7 Å². The molecule has 1 saturated heterocycles. The Morgan fingerprint density at radius 2 is 1.87 bits per heavy atom. The minimum absolute atomic E-state index is 0.174. The number of rotatable bonds is 11. The molecule has 2 aliphatic rings. The lowest BCUT2D eigenvalue weighted by atomic mass is 10.0. The molecule has 3 heterocycles. The number of hydrogen-bond acceptors (Lipinski definition) is 8. The Kier molecular flexibility index (Phi) is 9.27. The second kappa shape index (κ2) is 12.5. The Bertz CT molecular complexity index is 1240. The van der Waals surface area contributed by atoms with E-state index in [9.17, 15) is 19.5 Å². The van der Waals surface area contributed by atoms with Gasteiger partial charge in [-0.25, -0.2) is 0 Å². The molecule has 12 heteroatoms. The van der Waals surface area contributed by atoms with Crippen LogP contribution >= 0.6 is 8.38 Å². The first-order chi connectivity index (χ1) is 18.7. The first kappa shape index (κ1) is 29.0. The summed E-state index contributed by atoms with van der Waals surface area (Å²) in [6.45, 7) is 8.16. The van der Waals surface area contributed by atoms with Crippen LogP contribution in [-0.4, -0.2) is 78.3 Å². The number of hydrogen-bond donors (Lipinski definition) is 2. The summed E-state index contributed by atoms with van der Waals surface area (Å²) in [7, 11) is 0.700. The molecule has 2 amide bonds. The van der Waals surface area contributed by atoms with Gasteiger partial charge in [-0.15, -0.1) is 0 Å². The zero-order chi connectivity index (χ0) is 28.2. The van der Waals surface area contributed by atoms with Crippen LogP contribution in [0.25, 0.3) is 0 Å². The number of ether oxygens (including phenoxy) is 1. The summed E-state index contributed by atoms with van der Waals surface area (Å²) in [5, 5.41) is 15.4. The van der Waals surface area contributed by atoms with Gasteiger partial charge < -0.3 is 29.1 Å². The van der Waals surface area contributed by atoms with Gasteiger partial charge in [-0.3, -0.25) is 24.1 Å². The van der Waals surface area contributed by atoms with Crippen molar-refractivity contribution < 1.29 is 28.5 Å². The molecule has 1 spiro atoms. The predicted molar refractivity (Wildman–Crippen MR) is 148 cm³/mol. The molecule has 0 aliphatic carbocycles. The van der Waals surface area contributed by atoms with E-state index >= 15 is 0 Å². The first-order valence-electron chi connectivity index (χ1n) is 13.2. The number of carbonyl (C=O) groups excluding carboxylic acids is 2. The lowest BCUT2D eigenvalue weighted by Crippen LogP contribution is -2.70. The quantitative estimate of drug-likeness (QED) is 0.403. The summed E-state index contributed by atoms with van der Waals surface area (Å²) in [5.41, 5.74) is -0.172. The fourth-order valence-corrected chi connectivity index (χ4v) is 6.30. The van der Waals surface area contributed by atoms with E-state index in [0.717, 1.165) is 11.1 Å². The smallest absolute Gasteiger partial charge is 0.278 e. The van der Waals surface area contributed by atoms with Gasteiger partial charge in [0.25, 0.3) is 11.8 Å². The minimum Gasteiger partial charge on any atom is -0.502 e. The Labute approximate surface area is 229 Å². The molecule has 1 atom stereocenters. The summed E-state index contributed by atoms with van der Waals surface area (Å²) >= 11 is 0. The molecule has 2 aromatic rings. The SMILES string of the molecule is CCOP(CCCN1C(=O)c2c(O)c(=O)c(C(=O)NCc3ccc(C)cc3)cn2N(C)C12CCOC2)OCC. The van der Waals surface area contributed by atoms with Crippen LogP contribution < -0.4 is 15.8 Å². The Balaban J connectivity index is 1.61. The number of aromatic hydroxyl groups is 1. The van der Waals surface area contributed by atoms with Crippen LogP contribution in [0.4, 0.5) is 0 Å². The highest BCUT2D eigenvalue weighted by molar-refractivity contribution is 7.47. The van der Waals surface area contributed by atoms with Gasteiger partial charge in [0.15, 0.2) is 25.5 Å². The minimum atomic E-state index is -1.07. The van der Waals surface area contributed by atoms with E-state index in [1.165, 1.54) is 10.9 Å². The van der Waals surface area contributed by atoms with Crippen molar-refractivity contribution in [3.05, 3.63) is 63.1 Å². The Morgan fingerprint density at radius 1 is 1.18 bits per heavy atom. The van der Waals surface area contributed by atoms with Gasteiger partial charge in [-0.2, -0.15) is 0 Å². The van der Waals surface area contributed by atoms with Gasteiger partial charge in [0.05, 0.1) is 26.4 Å². The average molecular weight is 561 g/mol. The number of aromatic nitrogens is 1. The normalized spacial score (nSPS) is 18.7. The number of benzene rings is 1. The van der Waals surface area contributed by atoms with Crippen LogP contribution in [0.3, 0.4) is 0 Å². The zero-order valence-corrected chi connectivity index (χ0v) is 23.8. The fraction of sp³-hybridized carbons (Fsp3) is 0.519. The summed E-state index contributed by atoms with van der Waals surface area (Å²) in [6.07, 6.45) is 3.11. The largest absolute Gasteiger partial charge is 0.502 e.